The number of fused-ring (bicyclic) bond motifs is 1. The highest BCUT2D eigenvalue weighted by Gasteiger charge is 2.32. The van der Waals surface area contributed by atoms with Crippen LogP contribution in [0.2, 0.25) is 0 Å². The Balaban J connectivity index is 1.80. The summed E-state index contributed by atoms with van der Waals surface area (Å²) < 4.78 is 5.78. The number of rotatable bonds is 5. The van der Waals surface area contributed by atoms with Crippen molar-refractivity contribution < 1.29 is 4.74 Å². The Morgan fingerprint density at radius 3 is 2.65 bits per heavy atom. The van der Waals surface area contributed by atoms with Gasteiger partial charge < -0.3 is 10.1 Å². The highest BCUT2D eigenvalue weighted by Crippen LogP contribution is 2.44. The van der Waals surface area contributed by atoms with Crippen LogP contribution in [-0.2, 0) is 0 Å². The van der Waals surface area contributed by atoms with Crippen LogP contribution in [0.4, 0.5) is 0 Å². The van der Waals surface area contributed by atoms with Gasteiger partial charge in [0.05, 0.1) is 7.11 Å². The second-order valence-corrected chi connectivity index (χ2v) is 6.88. The van der Waals surface area contributed by atoms with Gasteiger partial charge in [0, 0.05) is 37.8 Å². The summed E-state index contributed by atoms with van der Waals surface area (Å²) in [4.78, 5) is 2.67. The first kappa shape index (κ1) is 15.0. The zero-order chi connectivity index (χ0) is 15.6. The Hall–Kier alpha value is -1.58. The van der Waals surface area contributed by atoms with E-state index < -0.39 is 0 Å². The van der Waals surface area contributed by atoms with Crippen molar-refractivity contribution in [2.75, 3.05) is 33.3 Å². The predicted molar refractivity (Wildman–Crippen MR) is 95.0 cm³/mol. The fourth-order valence-electron chi connectivity index (χ4n) is 3.91. The van der Waals surface area contributed by atoms with Crippen molar-refractivity contribution >= 4 is 10.8 Å². The molecule has 122 valence electrons. The summed E-state index contributed by atoms with van der Waals surface area (Å²) in [5, 5.41) is 6.16. The minimum absolute atomic E-state index is 0.477. The Kier molecular flexibility index (Phi) is 4.23. The summed E-state index contributed by atoms with van der Waals surface area (Å²) in [6.07, 6.45) is 4.07. The van der Waals surface area contributed by atoms with Crippen LogP contribution in [0.15, 0.2) is 36.4 Å². The minimum atomic E-state index is 0.477. The van der Waals surface area contributed by atoms with Gasteiger partial charge in [-0.3, -0.25) is 4.90 Å². The number of methoxy groups -OCH3 is 1. The van der Waals surface area contributed by atoms with Crippen molar-refractivity contribution in [1.82, 2.24) is 10.2 Å². The molecule has 1 atom stereocenters. The van der Waals surface area contributed by atoms with Crippen LogP contribution in [0.25, 0.3) is 10.8 Å². The van der Waals surface area contributed by atoms with E-state index in [0.29, 0.717) is 6.04 Å². The van der Waals surface area contributed by atoms with Crippen molar-refractivity contribution in [3.8, 4) is 5.75 Å². The molecule has 3 nitrogen and oxygen atoms in total. The van der Waals surface area contributed by atoms with Crippen LogP contribution in [0.1, 0.15) is 30.9 Å². The molecule has 2 aromatic rings. The molecular weight excluding hydrogens is 284 g/mol. The summed E-state index contributed by atoms with van der Waals surface area (Å²) in [5.74, 6) is 1.95. The lowest BCUT2D eigenvalue weighted by molar-refractivity contribution is 0.159. The first-order valence-corrected chi connectivity index (χ1v) is 8.87. The van der Waals surface area contributed by atoms with Gasteiger partial charge in [0.2, 0.25) is 0 Å². The van der Waals surface area contributed by atoms with Crippen molar-refractivity contribution in [1.29, 1.82) is 0 Å². The molecule has 1 aliphatic carbocycles. The fraction of sp³-hybridized carbons (Fsp3) is 0.500. The molecule has 0 unspecified atom stereocenters. The molecule has 0 spiro atoms. The van der Waals surface area contributed by atoms with Crippen LogP contribution in [-0.4, -0.2) is 38.2 Å². The molecule has 1 heterocycles. The molecule has 23 heavy (non-hydrogen) atoms. The lowest BCUT2D eigenvalue weighted by atomic mass is 9.92. The molecule has 2 aromatic carbocycles. The standard InChI is InChI=1S/C20H26N2O/c1-23-19-9-8-16-4-2-3-5-17(16)20(19)18(14-15-6-7-15)22-12-10-21-11-13-22/h2-5,8-9,15,18,21H,6-7,10-14H2,1H3/t18-/m1/s1. The second-order valence-electron chi connectivity index (χ2n) is 6.88. The Morgan fingerprint density at radius 2 is 1.91 bits per heavy atom. The average Bonchev–Trinajstić information content (AvgIpc) is 3.44. The summed E-state index contributed by atoms with van der Waals surface area (Å²) in [6.45, 7) is 4.44. The van der Waals surface area contributed by atoms with Gasteiger partial charge in [-0.25, -0.2) is 0 Å². The van der Waals surface area contributed by atoms with Crippen LogP contribution >= 0.6 is 0 Å². The number of nitrogens with one attached hydrogen (secondary N) is 1. The zero-order valence-corrected chi connectivity index (χ0v) is 13.9. The molecule has 1 saturated carbocycles. The van der Waals surface area contributed by atoms with E-state index >= 15 is 0 Å². The van der Waals surface area contributed by atoms with Crippen LogP contribution < -0.4 is 10.1 Å². The monoisotopic (exact) mass is 310 g/mol. The fourth-order valence-corrected chi connectivity index (χ4v) is 3.91. The molecule has 3 heteroatoms. The van der Waals surface area contributed by atoms with E-state index in [1.54, 1.807) is 7.11 Å². The molecule has 1 saturated heterocycles. The molecular formula is C20H26N2O. The topological polar surface area (TPSA) is 24.5 Å². The molecule has 1 N–H and O–H groups in total. The number of hydrogen-bond donors (Lipinski definition) is 1. The van der Waals surface area contributed by atoms with Crippen LogP contribution in [0, 0.1) is 5.92 Å². The number of ether oxygens (including phenoxy) is 1. The van der Waals surface area contributed by atoms with Gasteiger partial charge in [-0.1, -0.05) is 43.2 Å². The van der Waals surface area contributed by atoms with Gasteiger partial charge in [-0.2, -0.15) is 0 Å². The highest BCUT2D eigenvalue weighted by molar-refractivity contribution is 5.88. The lowest BCUT2D eigenvalue weighted by Crippen LogP contribution is -2.45. The van der Waals surface area contributed by atoms with E-state index in [9.17, 15) is 0 Å². The Bertz CT molecular complexity index is 674. The molecule has 0 radical (unpaired) electrons. The first-order valence-electron chi connectivity index (χ1n) is 8.87. The smallest absolute Gasteiger partial charge is 0.124 e. The summed E-state index contributed by atoms with van der Waals surface area (Å²) >= 11 is 0. The van der Waals surface area contributed by atoms with Crippen molar-refractivity contribution in [3.63, 3.8) is 0 Å². The van der Waals surface area contributed by atoms with Gasteiger partial charge >= 0.3 is 0 Å². The Labute approximate surface area is 138 Å². The van der Waals surface area contributed by atoms with E-state index in [2.05, 4.69) is 46.6 Å². The number of hydrogen-bond acceptors (Lipinski definition) is 3. The maximum absolute atomic E-state index is 5.78. The number of nitrogens with zero attached hydrogens (tertiary/aromatic N) is 1. The molecule has 0 bridgehead atoms. The molecule has 0 amide bonds. The predicted octanol–water partition coefficient (Wildman–Crippen LogP) is 3.59. The number of piperazine rings is 1. The van der Waals surface area contributed by atoms with Crippen LogP contribution in [0.3, 0.4) is 0 Å². The van der Waals surface area contributed by atoms with Gasteiger partial charge in [0.15, 0.2) is 0 Å². The van der Waals surface area contributed by atoms with Crippen molar-refractivity contribution in [2.45, 2.75) is 25.3 Å². The largest absolute Gasteiger partial charge is 0.496 e. The summed E-state index contributed by atoms with van der Waals surface area (Å²) in [5.41, 5.74) is 1.40. The maximum atomic E-state index is 5.78. The first-order chi connectivity index (χ1) is 11.4. The number of benzene rings is 2. The Morgan fingerprint density at radius 1 is 1.13 bits per heavy atom. The molecule has 1 aliphatic heterocycles. The summed E-state index contributed by atoms with van der Waals surface area (Å²) in [7, 11) is 1.81. The molecule has 4 rings (SSSR count). The van der Waals surface area contributed by atoms with E-state index in [1.807, 2.05) is 0 Å². The quantitative estimate of drug-likeness (QED) is 0.913. The highest BCUT2D eigenvalue weighted by atomic mass is 16.5. The minimum Gasteiger partial charge on any atom is -0.496 e. The third-order valence-electron chi connectivity index (χ3n) is 5.33. The van der Waals surface area contributed by atoms with E-state index in [1.165, 1.54) is 35.6 Å². The van der Waals surface area contributed by atoms with Crippen molar-refractivity contribution in [2.24, 2.45) is 5.92 Å². The third-order valence-corrected chi connectivity index (χ3v) is 5.33. The second kappa shape index (κ2) is 6.50. The van der Waals surface area contributed by atoms with E-state index in [4.69, 9.17) is 4.74 Å². The lowest BCUT2D eigenvalue weighted by Gasteiger charge is -2.36. The maximum Gasteiger partial charge on any atom is 0.124 e. The van der Waals surface area contributed by atoms with Gasteiger partial charge in [0.25, 0.3) is 0 Å². The average molecular weight is 310 g/mol. The van der Waals surface area contributed by atoms with Crippen LogP contribution in [0.5, 0.6) is 5.75 Å². The van der Waals surface area contributed by atoms with Gasteiger partial charge in [-0.15, -0.1) is 0 Å². The molecule has 0 aromatic heterocycles. The SMILES string of the molecule is COc1ccc2ccccc2c1[C@@H](CC1CC1)N1CCNCC1. The van der Waals surface area contributed by atoms with Gasteiger partial charge in [-0.05, 0) is 29.2 Å². The molecule has 2 fully saturated rings. The van der Waals surface area contributed by atoms with E-state index in [-0.39, 0.29) is 0 Å². The van der Waals surface area contributed by atoms with Crippen molar-refractivity contribution in [3.05, 3.63) is 42.0 Å². The summed E-state index contributed by atoms with van der Waals surface area (Å²) in [6, 6.07) is 13.6. The van der Waals surface area contributed by atoms with E-state index in [0.717, 1.165) is 37.8 Å². The third kappa shape index (κ3) is 3.08. The molecule has 2 aliphatic rings. The zero-order valence-electron chi connectivity index (χ0n) is 13.9. The normalized spacial score (nSPS) is 20.6. The van der Waals surface area contributed by atoms with Gasteiger partial charge in [0.1, 0.15) is 5.75 Å².